The van der Waals surface area contributed by atoms with E-state index in [1.54, 1.807) is 62.0 Å². The monoisotopic (exact) mass is 1080 g/mol. The molecule has 8 unspecified atom stereocenters. The van der Waals surface area contributed by atoms with E-state index in [9.17, 15) is 28.8 Å². The van der Waals surface area contributed by atoms with Crippen LogP contribution in [0.25, 0.3) is 33.8 Å². The second kappa shape index (κ2) is 23.2. The minimum Gasteiger partial charge on any atom is -0.347 e. The van der Waals surface area contributed by atoms with Crippen LogP contribution in [-0.2, 0) is 19.2 Å². The third kappa shape index (κ3) is 12.0. The molecular weight excluding hydrogens is 1010 g/mol. The van der Waals surface area contributed by atoms with Gasteiger partial charge in [0.05, 0.1) is 46.9 Å². The second-order valence-electron chi connectivity index (χ2n) is 23.4. The number of rotatable bonds is 16. The first-order valence-corrected chi connectivity index (χ1v) is 27.5. The van der Waals surface area contributed by atoms with Crippen molar-refractivity contribution >= 4 is 46.7 Å². The summed E-state index contributed by atoms with van der Waals surface area (Å²) in [6.45, 7) is 15.2. The maximum atomic E-state index is 14.9. The lowest BCUT2D eigenvalue weighted by Gasteiger charge is -2.36. The second-order valence-corrected chi connectivity index (χ2v) is 23.4. The molecule has 2 aliphatic heterocycles. The third-order valence-corrected chi connectivity index (χ3v) is 15.5. The number of pyridine rings is 2. The van der Waals surface area contributed by atoms with Gasteiger partial charge in [0.15, 0.2) is 0 Å². The summed E-state index contributed by atoms with van der Waals surface area (Å²) in [5.41, 5.74) is 5.83. The number of nitrogens with zero attached hydrogens (tertiary/aromatic N) is 6. The summed E-state index contributed by atoms with van der Waals surface area (Å²) in [5, 5.41) is 18.3. The molecule has 0 radical (unpaired) electrons. The minimum absolute atomic E-state index is 0.155. The van der Waals surface area contributed by atoms with Crippen LogP contribution < -0.4 is 31.9 Å². The average Bonchev–Trinajstić information content (AvgIpc) is 4.32. The molecule has 3 aromatic carbocycles. The highest BCUT2D eigenvalue weighted by Crippen LogP contribution is 2.38. The van der Waals surface area contributed by atoms with Crippen LogP contribution in [0.1, 0.15) is 112 Å². The Labute approximate surface area is 467 Å². The molecule has 18 heteroatoms. The minimum atomic E-state index is -0.892. The highest BCUT2D eigenvalue weighted by Gasteiger charge is 2.46. The van der Waals surface area contributed by atoms with Gasteiger partial charge in [0.2, 0.25) is 23.6 Å². The van der Waals surface area contributed by atoms with Crippen molar-refractivity contribution in [3.8, 4) is 22.5 Å². The van der Waals surface area contributed by atoms with Gasteiger partial charge in [-0.2, -0.15) is 0 Å². The van der Waals surface area contributed by atoms with Crippen molar-refractivity contribution in [2.75, 3.05) is 27.2 Å². The molecule has 8 atom stereocenters. The van der Waals surface area contributed by atoms with E-state index in [4.69, 9.17) is 9.97 Å². The van der Waals surface area contributed by atoms with Crippen molar-refractivity contribution in [1.29, 1.82) is 0 Å². The van der Waals surface area contributed by atoms with Crippen molar-refractivity contribution in [2.45, 2.75) is 117 Å². The molecule has 6 amide bonds. The van der Waals surface area contributed by atoms with Gasteiger partial charge in [-0.25, -0.2) is 9.97 Å². The molecule has 80 heavy (non-hydrogen) atoms. The predicted octanol–water partition coefficient (Wildman–Crippen LogP) is 6.74. The first-order chi connectivity index (χ1) is 38.1. The number of benzene rings is 3. The van der Waals surface area contributed by atoms with Gasteiger partial charge in [-0.05, 0) is 111 Å². The predicted molar refractivity (Wildman–Crippen MR) is 308 cm³/mol. The molecule has 4 aromatic heterocycles. The van der Waals surface area contributed by atoms with Crippen molar-refractivity contribution in [3.05, 3.63) is 156 Å². The lowest BCUT2D eigenvalue weighted by molar-refractivity contribution is -0.141. The number of amides is 6. The molecule has 2 aliphatic rings. The molecule has 418 valence electrons. The normalized spacial score (nSPS) is 19.1. The molecule has 2 fully saturated rings. The molecule has 0 saturated carbocycles. The van der Waals surface area contributed by atoms with E-state index in [0.717, 1.165) is 22.5 Å². The molecule has 7 aromatic rings. The molecule has 6 heterocycles. The summed E-state index contributed by atoms with van der Waals surface area (Å²) in [6, 6.07) is 33.1. The maximum Gasteiger partial charge on any atom is 0.251 e. The van der Waals surface area contributed by atoms with Crippen LogP contribution >= 0.6 is 0 Å². The maximum absolute atomic E-state index is 14.9. The Morgan fingerprint density at radius 1 is 0.500 bits per heavy atom. The molecular formula is C62H74N12O6. The lowest BCUT2D eigenvalue weighted by Crippen LogP contribution is -2.57. The molecule has 9 rings (SSSR count). The molecule has 0 bridgehead atoms. The fourth-order valence-corrected chi connectivity index (χ4v) is 10.7. The van der Waals surface area contributed by atoms with Gasteiger partial charge in [-0.1, -0.05) is 114 Å². The SMILES string of the molecule is CNC(C)C(=O)NC(C(=O)N1CC(NC(=O)c2ccc(C(=O)NC3CC(c4cn5c(-c6ccccc6)cccc5n4)N(C(=O)C(NC(=O)C(C)NC)C(C)(C)C)C3)cc2)CC1c1cn2c(-c3ccccc3)cccc2n1)C(C)(C)C. The summed E-state index contributed by atoms with van der Waals surface area (Å²) in [4.78, 5) is 98.3. The number of aromatic nitrogens is 4. The number of hydrogen-bond donors (Lipinski definition) is 6. The van der Waals surface area contributed by atoms with E-state index in [1.807, 2.05) is 160 Å². The van der Waals surface area contributed by atoms with Crippen molar-refractivity contribution in [1.82, 2.24) is 60.5 Å². The first kappa shape index (κ1) is 56.5. The quantitative estimate of drug-likeness (QED) is 0.0600. The Morgan fingerprint density at radius 2 is 0.863 bits per heavy atom. The molecule has 0 spiro atoms. The molecule has 18 nitrogen and oxygen atoms in total. The Morgan fingerprint density at radius 3 is 1.20 bits per heavy atom. The molecule has 0 aliphatic carbocycles. The van der Waals surface area contributed by atoms with E-state index in [1.165, 1.54) is 0 Å². The largest absolute Gasteiger partial charge is 0.347 e. The third-order valence-electron chi connectivity index (χ3n) is 15.5. The number of fused-ring (bicyclic) bond motifs is 2. The first-order valence-electron chi connectivity index (χ1n) is 27.5. The Kier molecular flexibility index (Phi) is 16.4. The van der Waals surface area contributed by atoms with Crippen molar-refractivity contribution in [3.63, 3.8) is 0 Å². The number of likely N-dealkylation sites (N-methyl/N-ethyl adjacent to an activating group) is 2. The standard InChI is InChI=1S/C62H74N12O6/c1-37(63-9)55(75)69-53(61(3,4)5)59(79)73-33-43(31-49(73)45-35-71-47(23-17-25-51(71)67-45)39-19-13-11-14-20-39)65-57(77)41-27-29-42(30-28-41)58(78)66-44-32-50(74(34-44)60(80)54(62(6,7)8)70-56(76)38(2)64-10)46-36-72-48(24-18-26-52(72)68-46)40-21-15-12-16-22-40/h11-30,35-38,43-44,49-50,53-54,63-64H,31-34H2,1-10H3,(H,65,77)(H,66,78)(H,69,75)(H,70,76). The van der Waals surface area contributed by atoms with Gasteiger partial charge in [-0.3, -0.25) is 37.6 Å². The average molecular weight is 1080 g/mol. The zero-order valence-corrected chi connectivity index (χ0v) is 47.3. The van der Waals surface area contributed by atoms with Gasteiger partial charge < -0.3 is 41.7 Å². The van der Waals surface area contributed by atoms with E-state index in [0.29, 0.717) is 46.7 Å². The van der Waals surface area contributed by atoms with Crippen LogP contribution in [0, 0.1) is 10.8 Å². The number of nitrogens with one attached hydrogen (secondary N) is 6. The summed E-state index contributed by atoms with van der Waals surface area (Å²) in [6.07, 6.45) is 4.59. The smallest absolute Gasteiger partial charge is 0.251 e. The van der Waals surface area contributed by atoms with Gasteiger partial charge in [0, 0.05) is 48.7 Å². The molecule has 6 N–H and O–H groups in total. The fraction of sp³-hybridized carbons (Fsp3) is 0.387. The molecule has 2 saturated heterocycles. The zero-order valence-electron chi connectivity index (χ0n) is 47.3. The summed E-state index contributed by atoms with van der Waals surface area (Å²) < 4.78 is 4.02. The van der Waals surface area contributed by atoms with Crippen LogP contribution in [0.4, 0.5) is 0 Å². The highest BCUT2D eigenvalue weighted by molar-refractivity contribution is 5.98. The number of carbonyl (C=O) groups is 6. The van der Waals surface area contributed by atoms with Gasteiger partial charge in [0.1, 0.15) is 23.4 Å². The number of hydrogen-bond acceptors (Lipinski definition) is 10. The van der Waals surface area contributed by atoms with Crippen LogP contribution in [0.15, 0.2) is 134 Å². The van der Waals surface area contributed by atoms with Crippen molar-refractivity contribution in [2.24, 2.45) is 10.8 Å². The van der Waals surface area contributed by atoms with Crippen molar-refractivity contribution < 1.29 is 28.8 Å². The van der Waals surface area contributed by atoms with Gasteiger partial charge in [0.25, 0.3) is 11.8 Å². The zero-order chi connectivity index (χ0) is 57.2. The van der Waals surface area contributed by atoms with E-state index < -0.39 is 59.2 Å². The van der Waals surface area contributed by atoms with Crippen LogP contribution in [0.5, 0.6) is 0 Å². The van der Waals surface area contributed by atoms with Crippen LogP contribution in [-0.4, -0.2) is 127 Å². The van der Waals surface area contributed by atoms with Gasteiger partial charge >= 0.3 is 0 Å². The van der Waals surface area contributed by atoms with E-state index in [2.05, 4.69) is 31.9 Å². The van der Waals surface area contributed by atoms with Crippen LogP contribution in [0.3, 0.4) is 0 Å². The lowest BCUT2D eigenvalue weighted by atomic mass is 9.85. The highest BCUT2D eigenvalue weighted by atomic mass is 16.2. The Bertz CT molecular complexity index is 3180. The fourth-order valence-electron chi connectivity index (χ4n) is 10.7. The van der Waals surface area contributed by atoms with Crippen LogP contribution in [0.2, 0.25) is 0 Å². The van der Waals surface area contributed by atoms with E-state index >= 15 is 0 Å². The summed E-state index contributed by atoms with van der Waals surface area (Å²) in [7, 11) is 3.38. The van der Waals surface area contributed by atoms with Gasteiger partial charge in [-0.15, -0.1) is 0 Å². The van der Waals surface area contributed by atoms with E-state index in [-0.39, 0.29) is 48.5 Å². The Hall–Kier alpha value is -8.22. The number of imidazole rings is 2. The Balaban J connectivity index is 0.942. The number of carbonyl (C=O) groups excluding carboxylic acids is 6. The summed E-state index contributed by atoms with van der Waals surface area (Å²) in [5.74, 6) is -1.97. The number of likely N-dealkylation sites (tertiary alicyclic amines) is 2. The summed E-state index contributed by atoms with van der Waals surface area (Å²) >= 11 is 0. The topological polar surface area (TPSA) is 216 Å².